The molecule has 2 aliphatic carbocycles. The zero-order chi connectivity index (χ0) is 18.7. The average molecular weight is 717 g/mol. The molecular formula is C12H30N4O4Pt2S. The topological polar surface area (TPSA) is 184 Å². The molecule has 0 unspecified atom stereocenters. The predicted octanol–water partition coefficient (Wildman–Crippen LogP) is 0.0314. The van der Waals surface area contributed by atoms with Crippen LogP contribution in [0.1, 0.15) is 64.2 Å². The Labute approximate surface area is 163 Å². The van der Waals surface area contributed by atoms with Gasteiger partial charge in [-0.15, -0.1) is 0 Å². The van der Waals surface area contributed by atoms with Crippen LogP contribution in [0.4, 0.5) is 0 Å². The Bertz CT molecular complexity index is 288. The molecule has 148 valence electrons. The molecule has 0 bridgehead atoms. The summed E-state index contributed by atoms with van der Waals surface area (Å²) >= 11 is 3.28. The van der Waals surface area contributed by atoms with Crippen molar-refractivity contribution in [2.75, 3.05) is 0 Å². The van der Waals surface area contributed by atoms with Gasteiger partial charge in [-0.2, -0.15) is 0 Å². The normalized spacial score (nSPS) is 18.5. The van der Waals surface area contributed by atoms with Crippen LogP contribution in [-0.4, -0.2) is 29.6 Å². The van der Waals surface area contributed by atoms with Crippen molar-refractivity contribution in [3.05, 3.63) is 0 Å². The maximum absolute atomic E-state index is 8.52. The van der Waals surface area contributed by atoms with Crippen molar-refractivity contribution in [3.63, 3.8) is 0 Å². The molecule has 2 aliphatic rings. The molecule has 8 nitrogen and oxygen atoms in total. The summed E-state index contributed by atoms with van der Waals surface area (Å²) in [4.78, 5) is 0. The van der Waals surface area contributed by atoms with Gasteiger partial charge in [0.1, 0.15) is 0 Å². The van der Waals surface area contributed by atoms with Crippen molar-refractivity contribution in [2.24, 2.45) is 20.1 Å². The molecule has 8 N–H and O–H groups in total. The molecule has 0 aromatic heterocycles. The molecule has 0 aromatic rings. The van der Waals surface area contributed by atoms with Crippen molar-refractivity contribution in [3.8, 4) is 0 Å². The third-order valence-electron chi connectivity index (χ3n) is 3.30. The maximum atomic E-state index is 8.52. The SMILES string of the molecule is NC1CCCCC1.NC1CCCCC1.O=S(=O)([O-])[O-].[NH2][Pt+].[NH2][Pt+]. The third kappa shape index (κ3) is 35.2. The summed E-state index contributed by atoms with van der Waals surface area (Å²) in [6.45, 7) is 0. The van der Waals surface area contributed by atoms with E-state index in [1.807, 2.05) is 0 Å². The first-order valence-corrected chi connectivity index (χ1v) is 11.3. The van der Waals surface area contributed by atoms with Crippen LogP contribution < -0.4 is 20.1 Å². The van der Waals surface area contributed by atoms with Gasteiger partial charge >= 0.3 is 48.7 Å². The zero-order valence-corrected chi connectivity index (χ0v) is 18.6. The van der Waals surface area contributed by atoms with Crippen LogP contribution >= 0.6 is 0 Å². The Morgan fingerprint density at radius 3 is 0.913 bits per heavy atom. The molecule has 0 saturated heterocycles. The van der Waals surface area contributed by atoms with Crippen LogP contribution in [0.25, 0.3) is 0 Å². The molecule has 23 heavy (non-hydrogen) atoms. The molecule has 0 radical (unpaired) electrons. The second-order valence-electron chi connectivity index (χ2n) is 5.20. The van der Waals surface area contributed by atoms with Crippen molar-refractivity contribution in [2.45, 2.75) is 76.3 Å². The Hall–Kier alpha value is 1.09. The molecule has 0 amide bonds. The van der Waals surface area contributed by atoms with Gasteiger partial charge in [-0.25, -0.2) is 0 Å². The summed E-state index contributed by atoms with van der Waals surface area (Å²) < 4.78 is 43.0. The first-order valence-electron chi connectivity index (χ1n) is 7.33. The molecule has 2 rings (SSSR count). The molecule has 11 heteroatoms. The number of hydrogen-bond acceptors (Lipinski definition) is 8. The van der Waals surface area contributed by atoms with Crippen molar-refractivity contribution in [1.82, 2.24) is 0 Å². The van der Waals surface area contributed by atoms with Crippen LogP contribution in [0, 0.1) is 0 Å². The quantitative estimate of drug-likeness (QED) is 0.200. The van der Waals surface area contributed by atoms with Gasteiger partial charge in [0.05, 0.1) is 0 Å². The molecule has 0 heterocycles. The average Bonchev–Trinajstić information content (AvgIpc) is 2.52. The van der Waals surface area contributed by atoms with Gasteiger partial charge in [-0.3, -0.25) is 8.42 Å². The Kier molecular flexibility index (Phi) is 26.5. The summed E-state index contributed by atoms with van der Waals surface area (Å²) in [6.07, 6.45) is 13.3. The van der Waals surface area contributed by atoms with Gasteiger partial charge in [0.15, 0.2) is 0 Å². The summed E-state index contributed by atoms with van der Waals surface area (Å²) in [5, 5.41) is 0. The van der Waals surface area contributed by atoms with Crippen LogP contribution in [-0.2, 0) is 50.5 Å². The number of nitrogens with two attached hydrogens (primary N) is 4. The van der Waals surface area contributed by atoms with Crippen LogP contribution in [0.15, 0.2) is 0 Å². The molecule has 0 aliphatic heterocycles. The Morgan fingerprint density at radius 2 is 0.826 bits per heavy atom. The Morgan fingerprint density at radius 1 is 0.652 bits per heavy atom. The summed E-state index contributed by atoms with van der Waals surface area (Å²) in [7, 11) is -5.17. The standard InChI is InChI=1S/2C6H13N.2H2N.H2O4S.2Pt/c2*7-6-4-2-1-3-5-6;;;1-5(2,3)4;;/h2*6H,1-5,7H2;2*1H2;(H2,1,2,3,4);;/q;;2*-1;;2*+2/p-2. The van der Waals surface area contributed by atoms with E-state index in [2.05, 4.69) is 8.58 Å². The van der Waals surface area contributed by atoms with E-state index >= 15 is 0 Å². The Balaban J connectivity index is -0.000000238. The van der Waals surface area contributed by atoms with Gasteiger partial charge in [0.2, 0.25) is 0 Å². The van der Waals surface area contributed by atoms with Gasteiger partial charge in [-0.1, -0.05) is 38.5 Å². The van der Waals surface area contributed by atoms with Crippen LogP contribution in [0.3, 0.4) is 0 Å². The molecule has 2 saturated carbocycles. The monoisotopic (exact) mass is 716 g/mol. The number of rotatable bonds is 0. The van der Waals surface area contributed by atoms with Crippen LogP contribution in [0.5, 0.6) is 0 Å². The van der Waals surface area contributed by atoms with Crippen LogP contribution in [0.2, 0.25) is 0 Å². The first kappa shape index (κ1) is 28.9. The number of hydrogen-bond donors (Lipinski definition) is 4. The van der Waals surface area contributed by atoms with E-state index in [1.165, 1.54) is 64.2 Å². The van der Waals surface area contributed by atoms with E-state index in [0.29, 0.717) is 12.1 Å². The molecule has 2 fully saturated rings. The summed E-state index contributed by atoms with van der Waals surface area (Å²) in [5.74, 6) is 0. The van der Waals surface area contributed by atoms with Gasteiger partial charge < -0.3 is 20.6 Å². The van der Waals surface area contributed by atoms with E-state index in [-0.39, 0.29) is 0 Å². The molecular weight excluding hydrogens is 686 g/mol. The van der Waals surface area contributed by atoms with Crippen molar-refractivity contribution < 1.29 is 57.7 Å². The zero-order valence-electron chi connectivity index (χ0n) is 13.2. The van der Waals surface area contributed by atoms with Crippen molar-refractivity contribution >= 4 is 10.4 Å². The second-order valence-corrected chi connectivity index (χ2v) is 6.02. The fraction of sp³-hybridized carbons (Fsp3) is 1.00. The van der Waals surface area contributed by atoms with Gasteiger partial charge in [0, 0.05) is 22.5 Å². The molecule has 0 aromatic carbocycles. The summed E-state index contributed by atoms with van der Waals surface area (Å²) in [6, 6.07) is 1.07. The van der Waals surface area contributed by atoms with E-state index in [4.69, 9.17) is 29.0 Å². The molecule has 0 atom stereocenters. The van der Waals surface area contributed by atoms with Gasteiger partial charge in [0.25, 0.3) is 0 Å². The fourth-order valence-corrected chi connectivity index (χ4v) is 2.27. The van der Waals surface area contributed by atoms with Crippen molar-refractivity contribution in [1.29, 1.82) is 0 Å². The predicted molar refractivity (Wildman–Crippen MR) is 81.0 cm³/mol. The fourth-order valence-electron chi connectivity index (χ4n) is 2.27. The minimum absolute atomic E-state index is 0.536. The van der Waals surface area contributed by atoms with Gasteiger partial charge in [-0.05, 0) is 25.7 Å². The van der Waals surface area contributed by atoms with E-state index in [9.17, 15) is 0 Å². The molecule has 0 spiro atoms. The van der Waals surface area contributed by atoms with E-state index in [0.717, 1.165) is 0 Å². The first-order chi connectivity index (χ1) is 10.8. The minimum atomic E-state index is -5.17. The third-order valence-corrected chi connectivity index (χ3v) is 3.30. The summed E-state index contributed by atoms with van der Waals surface area (Å²) in [5.41, 5.74) is 11.3. The second kappa shape index (κ2) is 21.1. The van der Waals surface area contributed by atoms with E-state index < -0.39 is 10.4 Å². The van der Waals surface area contributed by atoms with E-state index in [1.54, 1.807) is 40.1 Å².